The number of anilines is 1. The second kappa shape index (κ2) is 11.1. The second-order valence-electron chi connectivity index (χ2n) is 8.57. The van der Waals surface area contributed by atoms with Gasteiger partial charge in [0.25, 0.3) is 5.91 Å². The fourth-order valence-corrected chi connectivity index (χ4v) is 6.34. The minimum absolute atomic E-state index is 0.111. The molecular weight excluding hydrogens is 482 g/mol. The minimum atomic E-state index is -0.497. The van der Waals surface area contributed by atoms with Crippen LogP contribution in [0, 0.1) is 5.92 Å². The number of para-hydroxylation sites is 1. The van der Waals surface area contributed by atoms with Crippen LogP contribution in [-0.2, 0) is 24.2 Å². The summed E-state index contributed by atoms with van der Waals surface area (Å²) in [5.41, 5.74) is 7.12. The molecule has 35 heavy (non-hydrogen) atoms. The minimum Gasteiger partial charge on any atom is -0.483 e. The number of hydrogen-bond acceptors (Lipinski definition) is 7. The Balaban J connectivity index is 1.45. The van der Waals surface area contributed by atoms with Crippen LogP contribution in [0.25, 0.3) is 0 Å². The fraction of sp³-hybridized carbons (Fsp3) is 0.360. The van der Waals surface area contributed by atoms with Gasteiger partial charge in [-0.3, -0.25) is 14.2 Å². The third-order valence-electron chi connectivity index (χ3n) is 5.82. The molecule has 0 spiro atoms. The average molecular weight is 512 g/mol. The van der Waals surface area contributed by atoms with Gasteiger partial charge in [-0.25, -0.2) is 0 Å². The van der Waals surface area contributed by atoms with Crippen LogP contribution in [0.4, 0.5) is 5.00 Å². The summed E-state index contributed by atoms with van der Waals surface area (Å²) in [4.78, 5) is 26.1. The molecule has 0 bridgehead atoms. The Bertz CT molecular complexity index is 1220. The highest BCUT2D eigenvalue weighted by molar-refractivity contribution is 7.99. The molecule has 4 rings (SSSR count). The lowest BCUT2D eigenvalue weighted by Crippen LogP contribution is -2.20. The number of carbonyl (C=O) groups is 2. The van der Waals surface area contributed by atoms with Crippen LogP contribution >= 0.6 is 23.1 Å². The number of rotatable bonds is 10. The van der Waals surface area contributed by atoms with E-state index in [0.717, 1.165) is 35.5 Å². The van der Waals surface area contributed by atoms with Crippen molar-refractivity contribution in [3.05, 3.63) is 64.8 Å². The van der Waals surface area contributed by atoms with Gasteiger partial charge in [-0.2, -0.15) is 0 Å². The maximum absolute atomic E-state index is 12.8. The van der Waals surface area contributed by atoms with E-state index >= 15 is 0 Å². The zero-order valence-corrected chi connectivity index (χ0v) is 21.5. The van der Waals surface area contributed by atoms with Crippen molar-refractivity contribution in [2.75, 3.05) is 11.1 Å². The number of carbonyl (C=O) groups excluding carboxylic acids is 2. The molecule has 0 saturated heterocycles. The summed E-state index contributed by atoms with van der Waals surface area (Å²) in [7, 11) is 0. The molecule has 0 saturated carbocycles. The summed E-state index contributed by atoms with van der Waals surface area (Å²) >= 11 is 2.73. The number of nitrogens with zero attached hydrogens (tertiary/aromatic N) is 3. The lowest BCUT2D eigenvalue weighted by atomic mass is 9.88. The molecule has 0 fully saturated rings. The van der Waals surface area contributed by atoms with Crippen LogP contribution in [0.2, 0.25) is 0 Å². The molecule has 2 unspecified atom stereocenters. The van der Waals surface area contributed by atoms with Crippen LogP contribution in [0.15, 0.2) is 48.1 Å². The van der Waals surface area contributed by atoms with Gasteiger partial charge in [0, 0.05) is 11.4 Å². The largest absolute Gasteiger partial charge is 0.483 e. The SMILES string of the molecule is C=CCn1c(SCC(=O)Nc2sc3c(c2C(N)=O)CCC(C)C3)nnc1C(C)Oc1ccccc1. The highest BCUT2D eigenvalue weighted by Gasteiger charge is 2.27. The van der Waals surface area contributed by atoms with Gasteiger partial charge in [-0.1, -0.05) is 43.0 Å². The molecule has 1 aromatic carbocycles. The number of thioether (sulfide) groups is 1. The van der Waals surface area contributed by atoms with Gasteiger partial charge in [0.2, 0.25) is 5.91 Å². The monoisotopic (exact) mass is 511 g/mol. The molecule has 0 radical (unpaired) electrons. The number of nitrogens with two attached hydrogens (primary N) is 1. The first-order valence-corrected chi connectivity index (χ1v) is 13.3. The smallest absolute Gasteiger partial charge is 0.251 e. The van der Waals surface area contributed by atoms with Crippen molar-refractivity contribution in [2.45, 2.75) is 50.9 Å². The van der Waals surface area contributed by atoms with E-state index in [1.54, 1.807) is 6.08 Å². The standard InChI is InChI=1S/C25H29N5O3S2/c1-4-12-30-23(16(3)33-17-8-6-5-7-9-17)28-29-25(30)34-14-20(31)27-24-21(22(26)32)18-11-10-15(2)13-19(18)35-24/h4-9,15-16H,1,10-14H2,2-3H3,(H2,26,32)(H,27,31). The van der Waals surface area contributed by atoms with Crippen LogP contribution in [-0.4, -0.2) is 32.3 Å². The van der Waals surface area contributed by atoms with E-state index in [1.807, 2.05) is 41.8 Å². The molecule has 1 aliphatic carbocycles. The Morgan fingerprint density at radius 3 is 2.86 bits per heavy atom. The van der Waals surface area contributed by atoms with Crippen LogP contribution < -0.4 is 15.8 Å². The quantitative estimate of drug-likeness (QED) is 0.303. The fourth-order valence-electron chi connectivity index (χ4n) is 4.16. The van der Waals surface area contributed by atoms with E-state index in [1.165, 1.54) is 23.1 Å². The second-order valence-corrected chi connectivity index (χ2v) is 10.6. The van der Waals surface area contributed by atoms with Gasteiger partial charge in [-0.15, -0.1) is 28.1 Å². The number of aromatic nitrogens is 3. The number of hydrogen-bond donors (Lipinski definition) is 2. The third-order valence-corrected chi connectivity index (χ3v) is 7.96. The van der Waals surface area contributed by atoms with Crippen molar-refractivity contribution in [2.24, 2.45) is 11.7 Å². The molecule has 10 heteroatoms. The van der Waals surface area contributed by atoms with Gasteiger partial charge in [-0.05, 0) is 49.8 Å². The number of nitrogens with one attached hydrogen (secondary N) is 1. The zero-order valence-electron chi connectivity index (χ0n) is 19.8. The van der Waals surface area contributed by atoms with Crippen molar-refractivity contribution in [1.29, 1.82) is 0 Å². The molecule has 0 aliphatic heterocycles. The summed E-state index contributed by atoms with van der Waals surface area (Å²) in [6, 6.07) is 9.51. The Morgan fingerprint density at radius 2 is 2.14 bits per heavy atom. The normalized spacial score (nSPS) is 15.8. The molecule has 2 aromatic heterocycles. The Kier molecular flexibility index (Phi) is 7.92. The number of ether oxygens (including phenoxy) is 1. The molecular formula is C25H29N5O3S2. The first kappa shape index (κ1) is 25.0. The van der Waals surface area contributed by atoms with E-state index in [0.29, 0.717) is 34.0 Å². The number of thiophene rings is 1. The van der Waals surface area contributed by atoms with E-state index in [4.69, 9.17) is 10.5 Å². The van der Waals surface area contributed by atoms with E-state index in [9.17, 15) is 9.59 Å². The Labute approximate surface area is 213 Å². The number of primary amides is 1. The predicted octanol–water partition coefficient (Wildman–Crippen LogP) is 4.62. The summed E-state index contributed by atoms with van der Waals surface area (Å²) in [5, 5.41) is 12.6. The summed E-state index contributed by atoms with van der Waals surface area (Å²) in [5.74, 6) is 1.32. The summed E-state index contributed by atoms with van der Waals surface area (Å²) < 4.78 is 7.89. The third kappa shape index (κ3) is 5.76. The summed E-state index contributed by atoms with van der Waals surface area (Å²) in [6.07, 6.45) is 4.14. The number of allylic oxidation sites excluding steroid dienone is 1. The maximum atomic E-state index is 12.8. The van der Waals surface area contributed by atoms with E-state index in [2.05, 4.69) is 29.0 Å². The lowest BCUT2D eigenvalue weighted by molar-refractivity contribution is -0.113. The molecule has 2 heterocycles. The van der Waals surface area contributed by atoms with Gasteiger partial charge >= 0.3 is 0 Å². The van der Waals surface area contributed by atoms with Crippen LogP contribution in [0.1, 0.15) is 53.0 Å². The predicted molar refractivity (Wildman–Crippen MR) is 139 cm³/mol. The molecule has 1 aliphatic rings. The van der Waals surface area contributed by atoms with E-state index in [-0.39, 0.29) is 17.8 Å². The highest BCUT2D eigenvalue weighted by atomic mass is 32.2. The molecule has 3 aromatic rings. The van der Waals surface area contributed by atoms with Crippen molar-refractivity contribution in [3.8, 4) is 5.75 Å². The molecule has 2 amide bonds. The molecule has 8 nitrogen and oxygen atoms in total. The maximum Gasteiger partial charge on any atom is 0.251 e. The lowest BCUT2D eigenvalue weighted by Gasteiger charge is -2.18. The van der Waals surface area contributed by atoms with Crippen molar-refractivity contribution in [3.63, 3.8) is 0 Å². The van der Waals surface area contributed by atoms with Gasteiger partial charge in [0.15, 0.2) is 17.1 Å². The van der Waals surface area contributed by atoms with Crippen molar-refractivity contribution < 1.29 is 14.3 Å². The first-order valence-electron chi connectivity index (χ1n) is 11.5. The number of benzene rings is 1. The Morgan fingerprint density at radius 1 is 1.37 bits per heavy atom. The highest BCUT2D eigenvalue weighted by Crippen LogP contribution is 2.39. The van der Waals surface area contributed by atoms with Gasteiger partial charge in [0.05, 0.1) is 11.3 Å². The zero-order chi connectivity index (χ0) is 24.9. The van der Waals surface area contributed by atoms with E-state index < -0.39 is 5.91 Å². The first-order chi connectivity index (χ1) is 16.9. The molecule has 184 valence electrons. The number of fused-ring (bicyclic) bond motifs is 1. The Hall–Kier alpha value is -3.11. The van der Waals surface area contributed by atoms with Crippen LogP contribution in [0.5, 0.6) is 5.75 Å². The molecule has 3 N–H and O–H groups in total. The van der Waals surface area contributed by atoms with Gasteiger partial charge in [0.1, 0.15) is 10.8 Å². The molecule has 2 atom stereocenters. The van der Waals surface area contributed by atoms with Crippen molar-refractivity contribution in [1.82, 2.24) is 14.8 Å². The number of amides is 2. The summed E-state index contributed by atoms with van der Waals surface area (Å²) in [6.45, 7) is 8.41. The average Bonchev–Trinajstić information content (AvgIpc) is 3.39. The van der Waals surface area contributed by atoms with Crippen molar-refractivity contribution >= 4 is 39.9 Å². The topological polar surface area (TPSA) is 112 Å². The van der Waals surface area contributed by atoms with Crippen LogP contribution in [0.3, 0.4) is 0 Å². The van der Waals surface area contributed by atoms with Gasteiger partial charge < -0.3 is 15.8 Å².